The van der Waals surface area contributed by atoms with Crippen LogP contribution in [-0.4, -0.2) is 30.5 Å². The van der Waals surface area contributed by atoms with Gasteiger partial charge < -0.3 is 9.64 Å². The number of likely N-dealkylation sites (N-methyl/N-ethyl adjacent to an activating group) is 1. The van der Waals surface area contributed by atoms with Crippen LogP contribution in [0.4, 0.5) is 0 Å². The smallest absolute Gasteiger partial charge is 0.308 e. The van der Waals surface area contributed by atoms with Crippen molar-refractivity contribution in [1.29, 1.82) is 0 Å². The molecule has 0 spiro atoms. The molecular formula is C19H27NO2. The summed E-state index contributed by atoms with van der Waals surface area (Å²) in [6.07, 6.45) is 4.68. The number of likely N-dealkylation sites (tertiary alicyclic amines) is 1. The van der Waals surface area contributed by atoms with Gasteiger partial charge in [-0.3, -0.25) is 4.79 Å². The third-order valence-corrected chi connectivity index (χ3v) is 6.03. The average molecular weight is 301 g/mol. The van der Waals surface area contributed by atoms with Crippen LogP contribution >= 0.6 is 0 Å². The quantitative estimate of drug-likeness (QED) is 0.631. The van der Waals surface area contributed by atoms with Crippen molar-refractivity contribution in [2.45, 2.75) is 57.9 Å². The van der Waals surface area contributed by atoms with Crippen molar-refractivity contribution in [3.05, 3.63) is 29.3 Å². The van der Waals surface area contributed by atoms with Crippen molar-refractivity contribution in [2.75, 3.05) is 13.6 Å². The Kier molecular flexibility index (Phi) is 4.02. The second-order valence-electron chi connectivity index (χ2n) is 6.94. The molecule has 22 heavy (non-hydrogen) atoms. The normalized spacial score (nSPS) is 30.7. The van der Waals surface area contributed by atoms with Crippen molar-refractivity contribution in [3.8, 4) is 5.75 Å². The fraction of sp³-hybridized carbons (Fsp3) is 0.632. The van der Waals surface area contributed by atoms with E-state index < -0.39 is 0 Å². The maximum absolute atomic E-state index is 11.3. The van der Waals surface area contributed by atoms with Crippen LogP contribution in [0.2, 0.25) is 0 Å². The first-order valence-electron chi connectivity index (χ1n) is 8.54. The molecule has 1 saturated heterocycles. The van der Waals surface area contributed by atoms with Gasteiger partial charge in [-0.15, -0.1) is 0 Å². The highest BCUT2D eigenvalue weighted by molar-refractivity contribution is 5.69. The van der Waals surface area contributed by atoms with E-state index in [1.54, 1.807) is 0 Å². The summed E-state index contributed by atoms with van der Waals surface area (Å²) < 4.78 is 5.35. The Labute approximate surface area is 133 Å². The van der Waals surface area contributed by atoms with E-state index in [1.165, 1.54) is 30.9 Å². The molecule has 1 fully saturated rings. The fourth-order valence-corrected chi connectivity index (χ4v) is 4.98. The van der Waals surface area contributed by atoms with Crippen LogP contribution in [0.1, 0.15) is 51.2 Å². The number of ether oxygens (including phenoxy) is 1. The number of piperidine rings is 1. The minimum atomic E-state index is -0.241. The zero-order chi connectivity index (χ0) is 15.9. The highest BCUT2D eigenvalue weighted by Gasteiger charge is 2.50. The second-order valence-corrected chi connectivity index (χ2v) is 6.94. The summed E-state index contributed by atoms with van der Waals surface area (Å²) in [5.74, 6) is 1.15. The summed E-state index contributed by atoms with van der Waals surface area (Å²) in [5.41, 5.74) is 3.12. The summed E-state index contributed by atoms with van der Waals surface area (Å²) in [6.45, 7) is 7.27. The Bertz CT molecular complexity index is 583. The third-order valence-electron chi connectivity index (χ3n) is 6.03. The van der Waals surface area contributed by atoms with Crippen LogP contribution in [0.5, 0.6) is 5.75 Å². The molecule has 0 radical (unpaired) electrons. The van der Waals surface area contributed by atoms with Gasteiger partial charge in [0, 0.05) is 18.4 Å². The Morgan fingerprint density at radius 1 is 1.41 bits per heavy atom. The van der Waals surface area contributed by atoms with Gasteiger partial charge in [-0.2, -0.15) is 0 Å². The van der Waals surface area contributed by atoms with Gasteiger partial charge in [0.1, 0.15) is 5.75 Å². The number of esters is 1. The number of carbonyl (C=O) groups is 1. The zero-order valence-electron chi connectivity index (χ0n) is 14.2. The van der Waals surface area contributed by atoms with E-state index in [4.69, 9.17) is 4.74 Å². The van der Waals surface area contributed by atoms with Crippen LogP contribution in [0, 0.1) is 5.92 Å². The van der Waals surface area contributed by atoms with E-state index in [-0.39, 0.29) is 11.4 Å². The third kappa shape index (κ3) is 2.26. The Morgan fingerprint density at radius 3 is 2.82 bits per heavy atom. The molecular weight excluding hydrogens is 274 g/mol. The van der Waals surface area contributed by atoms with E-state index in [1.807, 2.05) is 6.07 Å². The molecule has 0 aromatic heterocycles. The second kappa shape index (κ2) is 5.69. The van der Waals surface area contributed by atoms with E-state index >= 15 is 0 Å². The largest absolute Gasteiger partial charge is 0.427 e. The summed E-state index contributed by atoms with van der Waals surface area (Å²) in [7, 11) is 2.27. The minimum Gasteiger partial charge on any atom is -0.427 e. The lowest BCUT2D eigenvalue weighted by Gasteiger charge is -2.56. The molecule has 1 unspecified atom stereocenters. The predicted octanol–water partition coefficient (Wildman–Crippen LogP) is 3.55. The lowest BCUT2D eigenvalue weighted by Crippen LogP contribution is -2.58. The molecule has 1 aliphatic heterocycles. The Hall–Kier alpha value is -1.35. The number of hydrogen-bond acceptors (Lipinski definition) is 3. The van der Waals surface area contributed by atoms with Crippen LogP contribution in [0.15, 0.2) is 18.2 Å². The maximum atomic E-state index is 11.3. The number of rotatable bonds is 3. The summed E-state index contributed by atoms with van der Waals surface area (Å²) >= 11 is 0. The van der Waals surface area contributed by atoms with Crippen LogP contribution in [0.25, 0.3) is 0 Å². The van der Waals surface area contributed by atoms with Gasteiger partial charge in [-0.1, -0.05) is 26.3 Å². The molecule has 0 saturated carbocycles. The topological polar surface area (TPSA) is 29.5 Å². The van der Waals surface area contributed by atoms with E-state index in [0.29, 0.717) is 17.7 Å². The van der Waals surface area contributed by atoms with Crippen molar-refractivity contribution in [3.63, 3.8) is 0 Å². The molecule has 120 valence electrons. The molecule has 2 aliphatic rings. The lowest BCUT2D eigenvalue weighted by molar-refractivity contribution is -0.131. The number of fused-ring (bicyclic) bond motifs is 4. The summed E-state index contributed by atoms with van der Waals surface area (Å²) in [4.78, 5) is 13.8. The SMILES string of the molecule is CC[C@H]1C2Cc3ccc(OC(C)=O)cc3[C@@]1(CC)CCN2C. The summed E-state index contributed by atoms with van der Waals surface area (Å²) in [6, 6.07) is 6.91. The van der Waals surface area contributed by atoms with E-state index in [2.05, 4.69) is 37.9 Å². The number of carbonyl (C=O) groups excluding carboxylic acids is 1. The van der Waals surface area contributed by atoms with Crippen LogP contribution < -0.4 is 4.74 Å². The van der Waals surface area contributed by atoms with Crippen molar-refractivity contribution >= 4 is 5.97 Å². The Balaban J connectivity index is 2.10. The number of benzene rings is 1. The molecule has 0 amide bonds. The van der Waals surface area contributed by atoms with Gasteiger partial charge in [-0.05, 0) is 62.0 Å². The molecule has 3 atom stereocenters. The molecule has 3 nitrogen and oxygen atoms in total. The standard InChI is InChI=1S/C19H27NO2/c1-5-16-18-11-14-7-8-15(22-13(3)21)12-17(14)19(16,6-2)9-10-20(18)4/h7-8,12,16,18H,5-6,9-11H2,1-4H3/t16-,18?,19-/m0/s1. The van der Waals surface area contributed by atoms with Crippen LogP contribution in [0.3, 0.4) is 0 Å². The van der Waals surface area contributed by atoms with Gasteiger partial charge in [0.15, 0.2) is 0 Å². The highest BCUT2D eigenvalue weighted by atomic mass is 16.5. The van der Waals surface area contributed by atoms with Crippen LogP contribution in [-0.2, 0) is 16.6 Å². The van der Waals surface area contributed by atoms with Gasteiger partial charge >= 0.3 is 5.97 Å². The highest BCUT2D eigenvalue weighted by Crippen LogP contribution is 2.52. The molecule has 1 aromatic rings. The molecule has 1 heterocycles. The van der Waals surface area contributed by atoms with Gasteiger partial charge in [-0.25, -0.2) is 0 Å². The summed E-state index contributed by atoms with van der Waals surface area (Å²) in [5, 5.41) is 0. The molecule has 2 bridgehead atoms. The molecule has 0 N–H and O–H groups in total. The zero-order valence-corrected chi connectivity index (χ0v) is 14.2. The molecule has 3 heteroatoms. The first-order chi connectivity index (χ1) is 10.5. The molecule has 3 rings (SSSR count). The van der Waals surface area contributed by atoms with E-state index in [9.17, 15) is 4.79 Å². The first kappa shape index (κ1) is 15.5. The molecule has 1 aliphatic carbocycles. The Morgan fingerprint density at radius 2 is 2.18 bits per heavy atom. The van der Waals surface area contributed by atoms with Crippen molar-refractivity contribution in [1.82, 2.24) is 4.90 Å². The lowest BCUT2D eigenvalue weighted by atomic mass is 9.55. The van der Waals surface area contributed by atoms with E-state index in [0.717, 1.165) is 19.4 Å². The number of hydrogen-bond donors (Lipinski definition) is 0. The number of nitrogens with zero attached hydrogens (tertiary/aromatic N) is 1. The van der Waals surface area contributed by atoms with Crippen molar-refractivity contribution < 1.29 is 9.53 Å². The first-order valence-corrected chi connectivity index (χ1v) is 8.54. The van der Waals surface area contributed by atoms with Gasteiger partial charge in [0.2, 0.25) is 0 Å². The van der Waals surface area contributed by atoms with Gasteiger partial charge in [0.25, 0.3) is 0 Å². The average Bonchev–Trinajstić information content (AvgIpc) is 2.50. The predicted molar refractivity (Wildman–Crippen MR) is 88.2 cm³/mol. The van der Waals surface area contributed by atoms with Crippen molar-refractivity contribution in [2.24, 2.45) is 5.92 Å². The maximum Gasteiger partial charge on any atom is 0.308 e. The minimum absolute atomic E-state index is 0.241. The monoisotopic (exact) mass is 301 g/mol. The molecule has 1 aromatic carbocycles. The fourth-order valence-electron chi connectivity index (χ4n) is 4.98. The van der Waals surface area contributed by atoms with Gasteiger partial charge in [0.05, 0.1) is 0 Å².